The number of carbonyl (C=O) groups is 1. The first-order valence-electron chi connectivity index (χ1n) is 10.0. The third-order valence-corrected chi connectivity index (χ3v) is 5.86. The summed E-state index contributed by atoms with van der Waals surface area (Å²) in [6, 6.07) is 18.7. The van der Waals surface area contributed by atoms with Gasteiger partial charge in [0.05, 0.1) is 0 Å². The Morgan fingerprint density at radius 3 is 2.61 bits per heavy atom. The first kappa shape index (κ1) is 18.5. The molecule has 146 valence electrons. The fraction of sp³-hybridized carbons (Fsp3) is 0.391. The lowest BCUT2D eigenvalue weighted by Crippen LogP contribution is -2.43. The Labute approximate surface area is 166 Å². The quantitative estimate of drug-likeness (QED) is 0.535. The van der Waals surface area contributed by atoms with Gasteiger partial charge in [-0.3, -0.25) is 9.79 Å². The number of benzene rings is 2. The molecule has 28 heavy (non-hydrogen) atoms. The average Bonchev–Trinajstić information content (AvgIpc) is 3.48. The third kappa shape index (κ3) is 4.35. The van der Waals surface area contributed by atoms with Crippen molar-refractivity contribution in [3.05, 3.63) is 65.7 Å². The maximum atomic E-state index is 12.0. The number of rotatable bonds is 6. The maximum absolute atomic E-state index is 12.0. The van der Waals surface area contributed by atoms with E-state index in [4.69, 9.17) is 0 Å². The maximum Gasteiger partial charge on any atom is 0.225 e. The summed E-state index contributed by atoms with van der Waals surface area (Å²) in [7, 11) is 1.80. The molecule has 2 aromatic rings. The molecule has 1 fully saturated rings. The van der Waals surface area contributed by atoms with Crippen molar-refractivity contribution in [3.8, 4) is 0 Å². The number of carbonyl (C=O) groups excluding carboxylic acids is 1. The fourth-order valence-electron chi connectivity index (χ4n) is 4.02. The van der Waals surface area contributed by atoms with E-state index >= 15 is 0 Å². The minimum Gasteiger partial charge on any atom is -0.356 e. The summed E-state index contributed by atoms with van der Waals surface area (Å²) in [5, 5.41) is 9.88. The number of nitrogens with zero attached hydrogens (tertiary/aromatic N) is 1. The number of fused-ring (bicyclic) bond motifs is 1. The van der Waals surface area contributed by atoms with Crippen LogP contribution in [0.15, 0.2) is 59.6 Å². The Kier molecular flexibility index (Phi) is 5.33. The van der Waals surface area contributed by atoms with E-state index in [2.05, 4.69) is 57.3 Å². The van der Waals surface area contributed by atoms with Crippen LogP contribution in [0.3, 0.4) is 0 Å². The van der Waals surface area contributed by atoms with Crippen LogP contribution < -0.4 is 16.0 Å². The highest BCUT2D eigenvalue weighted by atomic mass is 16.1. The SMILES string of the molecule is CN=C(NCC1CC(=O)Nc2ccccc21)NCC1(Cc2ccccc2)CC1. The van der Waals surface area contributed by atoms with Gasteiger partial charge in [0.2, 0.25) is 5.91 Å². The van der Waals surface area contributed by atoms with Gasteiger partial charge in [-0.15, -0.1) is 0 Å². The molecule has 2 aliphatic rings. The third-order valence-electron chi connectivity index (χ3n) is 5.86. The molecule has 1 aliphatic heterocycles. The molecule has 1 amide bonds. The van der Waals surface area contributed by atoms with Crippen molar-refractivity contribution in [2.24, 2.45) is 10.4 Å². The van der Waals surface area contributed by atoms with Gasteiger partial charge in [-0.25, -0.2) is 0 Å². The van der Waals surface area contributed by atoms with Crippen LogP contribution in [0.1, 0.15) is 36.3 Å². The van der Waals surface area contributed by atoms with E-state index in [9.17, 15) is 4.79 Å². The van der Waals surface area contributed by atoms with E-state index in [1.807, 2.05) is 18.2 Å². The summed E-state index contributed by atoms with van der Waals surface area (Å²) in [5.74, 6) is 1.04. The van der Waals surface area contributed by atoms with Crippen LogP contribution in [0.4, 0.5) is 5.69 Å². The second kappa shape index (κ2) is 8.05. The van der Waals surface area contributed by atoms with Crippen LogP contribution >= 0.6 is 0 Å². The van der Waals surface area contributed by atoms with Gasteiger partial charge in [0.25, 0.3) is 0 Å². The van der Waals surface area contributed by atoms with E-state index in [1.54, 1.807) is 7.05 Å². The average molecular weight is 377 g/mol. The topological polar surface area (TPSA) is 65.5 Å². The number of nitrogens with one attached hydrogen (secondary N) is 3. The van der Waals surface area contributed by atoms with Crippen LogP contribution in [-0.2, 0) is 11.2 Å². The molecule has 0 aromatic heterocycles. The van der Waals surface area contributed by atoms with Crippen LogP contribution in [0.5, 0.6) is 0 Å². The van der Waals surface area contributed by atoms with Gasteiger partial charge in [0, 0.05) is 38.2 Å². The molecule has 1 aliphatic carbocycles. The molecule has 0 radical (unpaired) electrons. The van der Waals surface area contributed by atoms with E-state index < -0.39 is 0 Å². The molecule has 0 bridgehead atoms. The fourth-order valence-corrected chi connectivity index (χ4v) is 4.02. The highest BCUT2D eigenvalue weighted by molar-refractivity contribution is 5.94. The number of para-hydroxylation sites is 1. The molecule has 2 aromatic carbocycles. The van der Waals surface area contributed by atoms with Crippen molar-refractivity contribution >= 4 is 17.6 Å². The summed E-state index contributed by atoms with van der Waals surface area (Å²) < 4.78 is 0. The van der Waals surface area contributed by atoms with Gasteiger partial charge >= 0.3 is 0 Å². The molecule has 1 atom stereocenters. The smallest absolute Gasteiger partial charge is 0.225 e. The number of guanidine groups is 1. The monoisotopic (exact) mass is 376 g/mol. The summed E-state index contributed by atoms with van der Waals surface area (Å²) in [6.45, 7) is 1.61. The Bertz CT molecular complexity index is 858. The van der Waals surface area contributed by atoms with E-state index in [1.165, 1.54) is 24.0 Å². The van der Waals surface area contributed by atoms with Crippen LogP contribution in [0, 0.1) is 5.41 Å². The number of hydrogen-bond donors (Lipinski definition) is 3. The largest absolute Gasteiger partial charge is 0.356 e. The zero-order chi connectivity index (χ0) is 19.4. The van der Waals surface area contributed by atoms with Gasteiger partial charge in [-0.05, 0) is 41.9 Å². The summed E-state index contributed by atoms with van der Waals surface area (Å²) in [5.41, 5.74) is 3.85. The molecular formula is C23H28N4O. The van der Waals surface area contributed by atoms with Crippen molar-refractivity contribution in [2.45, 2.75) is 31.6 Å². The summed E-state index contributed by atoms with van der Waals surface area (Å²) >= 11 is 0. The Morgan fingerprint density at radius 1 is 1.11 bits per heavy atom. The van der Waals surface area contributed by atoms with Gasteiger partial charge in [0.15, 0.2) is 5.96 Å². The molecule has 1 saturated carbocycles. The zero-order valence-electron chi connectivity index (χ0n) is 16.4. The van der Waals surface area contributed by atoms with Crippen molar-refractivity contribution in [1.82, 2.24) is 10.6 Å². The van der Waals surface area contributed by atoms with Gasteiger partial charge in [-0.2, -0.15) is 0 Å². The van der Waals surface area contributed by atoms with E-state index in [0.29, 0.717) is 18.4 Å². The van der Waals surface area contributed by atoms with Crippen LogP contribution in [0.2, 0.25) is 0 Å². The molecular weight excluding hydrogens is 348 g/mol. The number of aliphatic imine (C=N–C) groups is 1. The molecule has 1 unspecified atom stereocenters. The van der Waals surface area contributed by atoms with Gasteiger partial charge in [-0.1, -0.05) is 48.5 Å². The zero-order valence-corrected chi connectivity index (χ0v) is 16.4. The number of amides is 1. The lowest BCUT2D eigenvalue weighted by molar-refractivity contribution is -0.116. The molecule has 0 saturated heterocycles. The molecule has 1 heterocycles. The minimum absolute atomic E-state index is 0.0771. The second-order valence-corrected chi connectivity index (χ2v) is 8.01. The van der Waals surface area contributed by atoms with Crippen molar-refractivity contribution in [2.75, 3.05) is 25.5 Å². The van der Waals surface area contributed by atoms with Crippen molar-refractivity contribution in [1.29, 1.82) is 0 Å². The normalized spacial score (nSPS) is 20.1. The van der Waals surface area contributed by atoms with E-state index in [-0.39, 0.29) is 11.8 Å². The first-order chi connectivity index (χ1) is 13.7. The van der Waals surface area contributed by atoms with Crippen LogP contribution in [0.25, 0.3) is 0 Å². The lowest BCUT2D eigenvalue weighted by atomic mass is 9.90. The summed E-state index contributed by atoms with van der Waals surface area (Å²) in [4.78, 5) is 16.4. The van der Waals surface area contributed by atoms with Crippen molar-refractivity contribution in [3.63, 3.8) is 0 Å². The molecule has 5 nitrogen and oxygen atoms in total. The molecule has 4 rings (SSSR count). The highest BCUT2D eigenvalue weighted by Crippen LogP contribution is 2.47. The Hall–Kier alpha value is -2.82. The minimum atomic E-state index is 0.0771. The standard InChI is InChI=1S/C23H28N4O/c1-24-22(26-16-23(11-12-23)14-17-7-3-2-4-8-17)25-15-18-13-21(28)27-20-10-6-5-9-19(18)20/h2-10,18H,11-16H2,1H3,(H,27,28)(H2,24,25,26). The lowest BCUT2D eigenvalue weighted by Gasteiger charge is -2.26. The molecule has 5 heteroatoms. The first-order valence-corrected chi connectivity index (χ1v) is 10.0. The molecule has 3 N–H and O–H groups in total. The highest BCUT2D eigenvalue weighted by Gasteiger charge is 2.42. The second-order valence-electron chi connectivity index (χ2n) is 8.01. The number of hydrogen-bond acceptors (Lipinski definition) is 2. The van der Waals surface area contributed by atoms with Crippen molar-refractivity contribution < 1.29 is 4.79 Å². The Morgan fingerprint density at radius 2 is 1.86 bits per heavy atom. The van der Waals surface area contributed by atoms with Gasteiger partial charge in [0.1, 0.15) is 0 Å². The number of anilines is 1. The molecule has 0 spiro atoms. The predicted octanol–water partition coefficient (Wildman–Crippen LogP) is 3.30. The Balaban J connectivity index is 1.32. The summed E-state index contributed by atoms with van der Waals surface area (Å²) in [6.07, 6.45) is 4.11. The van der Waals surface area contributed by atoms with E-state index in [0.717, 1.165) is 24.6 Å². The van der Waals surface area contributed by atoms with Crippen LogP contribution in [-0.4, -0.2) is 32.0 Å². The predicted molar refractivity (Wildman–Crippen MR) is 114 cm³/mol. The van der Waals surface area contributed by atoms with Gasteiger partial charge < -0.3 is 16.0 Å².